The van der Waals surface area contributed by atoms with Gasteiger partial charge in [-0.3, -0.25) is 0 Å². The molecule has 3 heteroatoms. The van der Waals surface area contributed by atoms with Crippen LogP contribution >= 0.6 is 0 Å². The largest absolute Gasteiger partial charge is 0.423 e. The van der Waals surface area contributed by atoms with Crippen molar-refractivity contribution in [3.63, 3.8) is 0 Å². The lowest BCUT2D eigenvalue weighted by molar-refractivity contribution is 0.0735. The number of nitrogens with two attached hydrogens (primary N) is 1. The van der Waals surface area contributed by atoms with E-state index in [0.717, 1.165) is 10.8 Å². The number of esters is 1. The van der Waals surface area contributed by atoms with Crippen LogP contribution in [-0.4, -0.2) is 5.97 Å². The van der Waals surface area contributed by atoms with Gasteiger partial charge in [-0.25, -0.2) is 4.79 Å². The minimum absolute atomic E-state index is 0.375. The number of ether oxygens (including phenoxy) is 1. The molecule has 0 aliphatic carbocycles. The first-order chi connectivity index (χ1) is 9.72. The van der Waals surface area contributed by atoms with Crippen molar-refractivity contribution in [1.29, 1.82) is 0 Å². The van der Waals surface area contributed by atoms with Crippen molar-refractivity contribution >= 4 is 22.4 Å². The summed E-state index contributed by atoms with van der Waals surface area (Å²) in [6.45, 7) is 0. The third-order valence-electron chi connectivity index (χ3n) is 3.08. The highest BCUT2D eigenvalue weighted by molar-refractivity contribution is 5.96. The number of nitrogen functional groups attached to an aromatic ring is 1. The summed E-state index contributed by atoms with van der Waals surface area (Å²) < 4.78 is 5.31. The number of hydrogen-bond acceptors (Lipinski definition) is 3. The van der Waals surface area contributed by atoms with Crippen LogP contribution in [0, 0.1) is 0 Å². The van der Waals surface area contributed by atoms with Gasteiger partial charge in [0.25, 0.3) is 0 Å². The Morgan fingerprint density at radius 3 is 2.30 bits per heavy atom. The number of carbonyl (C=O) groups excluding carboxylic acids is 1. The summed E-state index contributed by atoms with van der Waals surface area (Å²) in [5, 5.41) is 2.11. The standard InChI is InChI=1S/C17H13NO2/c18-15-7-9-16(10-8-15)20-17(19)14-6-5-12-3-1-2-4-13(12)11-14/h1-11H,18H2. The molecule has 0 atom stereocenters. The molecule has 0 bridgehead atoms. The van der Waals surface area contributed by atoms with E-state index in [1.165, 1.54) is 0 Å². The zero-order valence-electron chi connectivity index (χ0n) is 10.7. The molecule has 0 aliphatic heterocycles. The zero-order valence-corrected chi connectivity index (χ0v) is 10.7. The van der Waals surface area contributed by atoms with Gasteiger partial charge in [-0.1, -0.05) is 30.3 Å². The fraction of sp³-hybridized carbons (Fsp3) is 0. The molecule has 3 aromatic carbocycles. The van der Waals surface area contributed by atoms with Crippen LogP contribution in [0.5, 0.6) is 5.75 Å². The molecule has 0 aromatic heterocycles. The third kappa shape index (κ3) is 2.47. The van der Waals surface area contributed by atoms with E-state index in [0.29, 0.717) is 17.0 Å². The summed E-state index contributed by atoms with van der Waals surface area (Å²) in [5.74, 6) is 0.109. The fourth-order valence-electron chi connectivity index (χ4n) is 2.02. The Kier molecular flexibility index (Phi) is 3.09. The van der Waals surface area contributed by atoms with Gasteiger partial charge in [0.1, 0.15) is 5.75 Å². The van der Waals surface area contributed by atoms with Gasteiger partial charge >= 0.3 is 5.97 Å². The van der Waals surface area contributed by atoms with Crippen molar-refractivity contribution in [2.24, 2.45) is 0 Å². The minimum Gasteiger partial charge on any atom is -0.423 e. The quantitative estimate of drug-likeness (QED) is 0.436. The molecule has 0 spiro atoms. The molecule has 0 aliphatic rings. The first-order valence-corrected chi connectivity index (χ1v) is 6.29. The first-order valence-electron chi connectivity index (χ1n) is 6.29. The predicted octanol–water partition coefficient (Wildman–Crippen LogP) is 3.64. The molecule has 2 N–H and O–H groups in total. The zero-order chi connectivity index (χ0) is 13.9. The van der Waals surface area contributed by atoms with E-state index in [9.17, 15) is 4.79 Å². The van der Waals surface area contributed by atoms with E-state index in [1.807, 2.05) is 36.4 Å². The van der Waals surface area contributed by atoms with Crippen LogP contribution in [0.25, 0.3) is 10.8 Å². The maximum atomic E-state index is 12.1. The Labute approximate surface area is 116 Å². The average Bonchev–Trinajstić information content (AvgIpc) is 2.49. The highest BCUT2D eigenvalue weighted by atomic mass is 16.5. The Balaban J connectivity index is 1.86. The van der Waals surface area contributed by atoms with E-state index < -0.39 is 0 Å². The molecule has 0 saturated heterocycles. The number of anilines is 1. The first kappa shape index (κ1) is 12.2. The van der Waals surface area contributed by atoms with Crippen LogP contribution < -0.4 is 10.5 Å². The second-order valence-corrected chi connectivity index (χ2v) is 4.52. The van der Waals surface area contributed by atoms with Crippen LogP contribution in [0.3, 0.4) is 0 Å². The second-order valence-electron chi connectivity index (χ2n) is 4.52. The lowest BCUT2D eigenvalue weighted by atomic mass is 10.1. The van der Waals surface area contributed by atoms with Gasteiger partial charge in [0.2, 0.25) is 0 Å². The molecular weight excluding hydrogens is 250 g/mol. The summed E-state index contributed by atoms with van der Waals surface area (Å²) in [6.07, 6.45) is 0. The van der Waals surface area contributed by atoms with Gasteiger partial charge in [0, 0.05) is 5.69 Å². The van der Waals surface area contributed by atoms with E-state index in [-0.39, 0.29) is 5.97 Å². The molecular formula is C17H13NO2. The number of hydrogen-bond donors (Lipinski definition) is 1. The number of benzene rings is 3. The lowest BCUT2D eigenvalue weighted by Gasteiger charge is -2.05. The van der Waals surface area contributed by atoms with Gasteiger partial charge in [-0.05, 0) is 47.2 Å². The van der Waals surface area contributed by atoms with Gasteiger partial charge < -0.3 is 10.5 Å². The Morgan fingerprint density at radius 1 is 0.850 bits per heavy atom. The molecule has 3 aromatic rings. The second kappa shape index (κ2) is 5.05. The van der Waals surface area contributed by atoms with Gasteiger partial charge in [0.05, 0.1) is 5.56 Å². The van der Waals surface area contributed by atoms with E-state index in [2.05, 4.69) is 0 Å². The highest BCUT2D eigenvalue weighted by Crippen LogP contribution is 2.18. The van der Waals surface area contributed by atoms with Crippen molar-refractivity contribution in [2.75, 3.05) is 5.73 Å². The smallest absolute Gasteiger partial charge is 0.343 e. The van der Waals surface area contributed by atoms with Gasteiger partial charge in [-0.15, -0.1) is 0 Å². The molecule has 3 nitrogen and oxygen atoms in total. The van der Waals surface area contributed by atoms with Crippen molar-refractivity contribution in [2.45, 2.75) is 0 Å². The maximum absolute atomic E-state index is 12.1. The van der Waals surface area contributed by atoms with Crippen molar-refractivity contribution < 1.29 is 9.53 Å². The van der Waals surface area contributed by atoms with E-state index in [1.54, 1.807) is 30.3 Å². The minimum atomic E-state index is -0.375. The van der Waals surface area contributed by atoms with Crippen molar-refractivity contribution in [1.82, 2.24) is 0 Å². The van der Waals surface area contributed by atoms with Crippen LogP contribution in [0.2, 0.25) is 0 Å². The molecule has 0 radical (unpaired) electrons. The van der Waals surface area contributed by atoms with Gasteiger partial charge in [0.15, 0.2) is 0 Å². The van der Waals surface area contributed by atoms with Crippen LogP contribution in [0.4, 0.5) is 5.69 Å². The van der Waals surface area contributed by atoms with Gasteiger partial charge in [-0.2, -0.15) is 0 Å². The monoisotopic (exact) mass is 263 g/mol. The topological polar surface area (TPSA) is 52.3 Å². The Morgan fingerprint density at radius 2 is 1.55 bits per heavy atom. The Hall–Kier alpha value is -2.81. The summed E-state index contributed by atoms with van der Waals surface area (Å²) in [4.78, 5) is 12.1. The van der Waals surface area contributed by atoms with Crippen molar-refractivity contribution in [3.05, 3.63) is 72.3 Å². The van der Waals surface area contributed by atoms with Crippen LogP contribution in [0.1, 0.15) is 10.4 Å². The normalized spacial score (nSPS) is 10.4. The molecule has 0 heterocycles. The lowest BCUT2D eigenvalue weighted by Crippen LogP contribution is -2.08. The molecule has 0 unspecified atom stereocenters. The summed E-state index contributed by atoms with van der Waals surface area (Å²) in [5.41, 5.74) is 6.75. The number of carbonyl (C=O) groups is 1. The Bertz CT molecular complexity index is 763. The predicted molar refractivity (Wildman–Crippen MR) is 79.8 cm³/mol. The number of rotatable bonds is 2. The van der Waals surface area contributed by atoms with Crippen LogP contribution in [0.15, 0.2) is 66.7 Å². The highest BCUT2D eigenvalue weighted by Gasteiger charge is 2.09. The van der Waals surface area contributed by atoms with E-state index in [4.69, 9.17) is 10.5 Å². The molecule has 98 valence electrons. The SMILES string of the molecule is Nc1ccc(OC(=O)c2ccc3ccccc3c2)cc1. The van der Waals surface area contributed by atoms with Crippen molar-refractivity contribution in [3.8, 4) is 5.75 Å². The fourth-order valence-corrected chi connectivity index (χ4v) is 2.02. The molecule has 0 fully saturated rings. The molecule has 20 heavy (non-hydrogen) atoms. The van der Waals surface area contributed by atoms with E-state index >= 15 is 0 Å². The summed E-state index contributed by atoms with van der Waals surface area (Å²) >= 11 is 0. The average molecular weight is 263 g/mol. The number of fused-ring (bicyclic) bond motifs is 1. The molecule has 3 rings (SSSR count). The maximum Gasteiger partial charge on any atom is 0.343 e. The summed E-state index contributed by atoms with van der Waals surface area (Å²) in [6, 6.07) is 20.1. The molecule has 0 amide bonds. The summed E-state index contributed by atoms with van der Waals surface area (Å²) in [7, 11) is 0. The molecule has 0 saturated carbocycles. The van der Waals surface area contributed by atoms with Crippen LogP contribution in [-0.2, 0) is 0 Å². The third-order valence-corrected chi connectivity index (χ3v) is 3.08.